The third kappa shape index (κ3) is 2.66. The number of fused-ring (bicyclic) bond motifs is 1. The molecule has 3 aliphatic rings. The van der Waals surface area contributed by atoms with Crippen LogP contribution in [0.5, 0.6) is 5.75 Å². The van der Waals surface area contributed by atoms with Gasteiger partial charge in [0.25, 0.3) is 0 Å². The second-order valence-corrected chi connectivity index (χ2v) is 10.6. The Labute approximate surface area is 136 Å². The van der Waals surface area contributed by atoms with Crippen LogP contribution in [0, 0.1) is 5.92 Å². The van der Waals surface area contributed by atoms with Crippen molar-refractivity contribution in [2.24, 2.45) is 5.92 Å². The standard InChI is InChI=1S/C15H19NO5S2/c17-22(18)9-7-16(13(10-22)11-4-5-11)23(19,20)14-3-1-2-12-6-8-21-15(12)14/h1-3,11,13H,4-10H2/t13-/m0/s1. The van der Waals surface area contributed by atoms with E-state index in [-0.39, 0.29) is 28.9 Å². The van der Waals surface area contributed by atoms with Gasteiger partial charge in [0.15, 0.2) is 9.84 Å². The van der Waals surface area contributed by atoms with Gasteiger partial charge in [-0.2, -0.15) is 4.31 Å². The Morgan fingerprint density at radius 2 is 2.00 bits per heavy atom. The lowest BCUT2D eigenvalue weighted by Crippen LogP contribution is -2.52. The van der Waals surface area contributed by atoms with Gasteiger partial charge >= 0.3 is 0 Å². The molecule has 0 aromatic heterocycles. The summed E-state index contributed by atoms with van der Waals surface area (Å²) >= 11 is 0. The van der Waals surface area contributed by atoms with Crippen LogP contribution >= 0.6 is 0 Å². The summed E-state index contributed by atoms with van der Waals surface area (Å²) in [5, 5.41) is 0. The van der Waals surface area contributed by atoms with Gasteiger partial charge in [0.1, 0.15) is 10.6 Å². The average molecular weight is 357 g/mol. The van der Waals surface area contributed by atoms with Crippen molar-refractivity contribution in [1.29, 1.82) is 0 Å². The summed E-state index contributed by atoms with van der Waals surface area (Å²) in [6.45, 7) is 0.526. The van der Waals surface area contributed by atoms with E-state index >= 15 is 0 Å². The van der Waals surface area contributed by atoms with Crippen LogP contribution in [0.4, 0.5) is 0 Å². The molecule has 1 saturated carbocycles. The molecule has 0 radical (unpaired) electrons. The van der Waals surface area contributed by atoms with Crippen LogP contribution in [0.3, 0.4) is 0 Å². The highest BCUT2D eigenvalue weighted by molar-refractivity contribution is 7.92. The van der Waals surface area contributed by atoms with Crippen LogP contribution in [0.1, 0.15) is 18.4 Å². The molecule has 1 aromatic rings. The van der Waals surface area contributed by atoms with Gasteiger partial charge in [-0.1, -0.05) is 12.1 Å². The second kappa shape index (κ2) is 5.19. The number of rotatable bonds is 3. The van der Waals surface area contributed by atoms with Gasteiger partial charge < -0.3 is 4.74 Å². The number of hydrogen-bond acceptors (Lipinski definition) is 5. The summed E-state index contributed by atoms with van der Waals surface area (Å²) in [6, 6.07) is 4.73. The predicted octanol–water partition coefficient (Wildman–Crippen LogP) is 0.819. The minimum atomic E-state index is -3.75. The summed E-state index contributed by atoms with van der Waals surface area (Å²) in [7, 11) is -6.91. The molecule has 126 valence electrons. The summed E-state index contributed by atoms with van der Waals surface area (Å²) in [5.41, 5.74) is 0.902. The van der Waals surface area contributed by atoms with E-state index in [1.807, 2.05) is 6.07 Å². The SMILES string of the molecule is O=S1(=O)CCN(S(=O)(=O)c2cccc3c2OCC3)[C@H](C2CC2)C1. The molecule has 0 N–H and O–H groups in total. The molecule has 1 aliphatic carbocycles. The minimum absolute atomic E-state index is 0.0372. The topological polar surface area (TPSA) is 80.8 Å². The van der Waals surface area contributed by atoms with Crippen molar-refractivity contribution in [1.82, 2.24) is 4.31 Å². The number of ether oxygens (including phenoxy) is 1. The maximum absolute atomic E-state index is 13.2. The van der Waals surface area contributed by atoms with Gasteiger partial charge in [-0.15, -0.1) is 0 Å². The predicted molar refractivity (Wildman–Crippen MR) is 84.7 cm³/mol. The average Bonchev–Trinajstić information content (AvgIpc) is 3.22. The normalized spacial score (nSPS) is 27.4. The van der Waals surface area contributed by atoms with E-state index in [2.05, 4.69) is 0 Å². The number of sulfone groups is 1. The van der Waals surface area contributed by atoms with Gasteiger partial charge in [0.05, 0.1) is 18.1 Å². The van der Waals surface area contributed by atoms with E-state index in [9.17, 15) is 16.8 Å². The zero-order valence-corrected chi connectivity index (χ0v) is 14.3. The van der Waals surface area contributed by atoms with Gasteiger partial charge in [-0.25, -0.2) is 16.8 Å². The number of sulfonamides is 1. The highest BCUT2D eigenvalue weighted by Crippen LogP contribution is 2.41. The van der Waals surface area contributed by atoms with Crippen molar-refractivity contribution in [2.75, 3.05) is 24.7 Å². The Morgan fingerprint density at radius 3 is 2.74 bits per heavy atom. The summed E-state index contributed by atoms with van der Waals surface area (Å²) in [6.07, 6.45) is 2.50. The number of hydrogen-bond donors (Lipinski definition) is 0. The molecule has 4 rings (SSSR count). The van der Waals surface area contributed by atoms with E-state index < -0.39 is 25.9 Å². The van der Waals surface area contributed by atoms with Crippen molar-refractivity contribution < 1.29 is 21.6 Å². The highest BCUT2D eigenvalue weighted by atomic mass is 32.2. The first-order chi connectivity index (χ1) is 10.9. The molecule has 1 atom stereocenters. The Bertz CT molecular complexity index is 843. The molecule has 0 spiro atoms. The van der Waals surface area contributed by atoms with Crippen molar-refractivity contribution in [2.45, 2.75) is 30.2 Å². The molecular weight excluding hydrogens is 338 g/mol. The first-order valence-corrected chi connectivity index (χ1v) is 11.1. The minimum Gasteiger partial charge on any atom is -0.492 e. The monoisotopic (exact) mass is 357 g/mol. The second-order valence-electron chi connectivity index (χ2n) is 6.48. The van der Waals surface area contributed by atoms with Crippen LogP contribution in [-0.2, 0) is 26.3 Å². The third-order valence-corrected chi connectivity index (χ3v) is 8.45. The smallest absolute Gasteiger partial charge is 0.247 e. The lowest BCUT2D eigenvalue weighted by atomic mass is 10.2. The van der Waals surface area contributed by atoms with Gasteiger partial charge in [0.2, 0.25) is 10.0 Å². The zero-order chi connectivity index (χ0) is 16.2. The Balaban J connectivity index is 1.75. The van der Waals surface area contributed by atoms with E-state index in [1.165, 1.54) is 4.31 Å². The maximum atomic E-state index is 13.2. The fraction of sp³-hybridized carbons (Fsp3) is 0.600. The van der Waals surface area contributed by atoms with Crippen molar-refractivity contribution in [3.63, 3.8) is 0 Å². The van der Waals surface area contributed by atoms with Crippen molar-refractivity contribution in [3.05, 3.63) is 23.8 Å². The molecule has 23 heavy (non-hydrogen) atoms. The van der Waals surface area contributed by atoms with Crippen molar-refractivity contribution >= 4 is 19.9 Å². The highest BCUT2D eigenvalue weighted by Gasteiger charge is 2.47. The fourth-order valence-corrected chi connectivity index (χ4v) is 7.17. The molecule has 8 heteroatoms. The molecule has 2 fully saturated rings. The van der Waals surface area contributed by atoms with Gasteiger partial charge in [-0.05, 0) is 30.4 Å². The van der Waals surface area contributed by atoms with Crippen LogP contribution in [-0.4, -0.2) is 51.8 Å². The molecule has 0 amide bonds. The number of nitrogens with zero attached hydrogens (tertiary/aromatic N) is 1. The maximum Gasteiger partial charge on any atom is 0.247 e. The molecule has 2 heterocycles. The number of para-hydroxylation sites is 1. The number of benzene rings is 1. The summed E-state index contributed by atoms with van der Waals surface area (Å²) < 4.78 is 57.1. The summed E-state index contributed by atoms with van der Waals surface area (Å²) in [5.74, 6) is 0.436. The van der Waals surface area contributed by atoms with Crippen LogP contribution in [0.2, 0.25) is 0 Å². The molecule has 0 bridgehead atoms. The van der Waals surface area contributed by atoms with Crippen LogP contribution in [0.15, 0.2) is 23.1 Å². The largest absolute Gasteiger partial charge is 0.492 e. The van der Waals surface area contributed by atoms with E-state index in [0.29, 0.717) is 18.8 Å². The molecule has 2 aliphatic heterocycles. The molecule has 6 nitrogen and oxygen atoms in total. The Kier molecular flexibility index (Phi) is 3.48. The van der Waals surface area contributed by atoms with E-state index in [4.69, 9.17) is 4.74 Å². The summed E-state index contributed by atoms with van der Waals surface area (Å²) in [4.78, 5) is 0.178. The first kappa shape index (κ1) is 15.4. The Morgan fingerprint density at radius 1 is 1.22 bits per heavy atom. The van der Waals surface area contributed by atoms with Crippen molar-refractivity contribution in [3.8, 4) is 5.75 Å². The fourth-order valence-electron chi connectivity index (χ4n) is 3.49. The third-order valence-electron chi connectivity index (χ3n) is 4.85. The van der Waals surface area contributed by atoms with E-state index in [1.54, 1.807) is 12.1 Å². The lowest BCUT2D eigenvalue weighted by Gasteiger charge is -2.34. The van der Waals surface area contributed by atoms with Crippen LogP contribution < -0.4 is 4.74 Å². The molecule has 0 unspecified atom stereocenters. The van der Waals surface area contributed by atoms with E-state index in [0.717, 1.165) is 18.4 Å². The lowest BCUT2D eigenvalue weighted by molar-refractivity contribution is 0.307. The Hall–Kier alpha value is -1.12. The molecule has 1 saturated heterocycles. The van der Waals surface area contributed by atoms with Crippen LogP contribution in [0.25, 0.3) is 0 Å². The van der Waals surface area contributed by atoms with Gasteiger partial charge in [-0.3, -0.25) is 0 Å². The van der Waals surface area contributed by atoms with Gasteiger partial charge in [0, 0.05) is 19.0 Å². The molecular formula is C15H19NO5S2. The first-order valence-electron chi connectivity index (χ1n) is 7.85. The zero-order valence-electron chi connectivity index (χ0n) is 12.6. The molecule has 1 aromatic carbocycles. The quantitative estimate of drug-likeness (QED) is 0.800.